The molecule has 0 N–H and O–H groups in total. The molecule has 1 aromatic carbocycles. The third kappa shape index (κ3) is 5.61. The maximum absolute atomic E-state index is 13.3. The number of rotatable bonds is 9. The van der Waals surface area contributed by atoms with Crippen LogP contribution >= 0.6 is 0 Å². The molecule has 152 valence electrons. The summed E-state index contributed by atoms with van der Waals surface area (Å²) in [6.45, 7) is 5.43. The third-order valence-electron chi connectivity index (χ3n) is 5.41. The molecule has 1 saturated heterocycles. The first-order valence-electron chi connectivity index (χ1n) is 10.4. The Kier molecular flexibility index (Phi) is 7.54. The average Bonchev–Trinajstić information content (AvgIpc) is 3.24. The van der Waals surface area contributed by atoms with Crippen LogP contribution in [0.5, 0.6) is 5.75 Å². The molecule has 0 aliphatic carbocycles. The molecule has 0 unspecified atom stereocenters. The van der Waals surface area contributed by atoms with Crippen molar-refractivity contribution in [3.63, 3.8) is 0 Å². The van der Waals surface area contributed by atoms with Crippen LogP contribution in [0.4, 0.5) is 0 Å². The molecular weight excluding hydrogens is 352 g/mol. The summed E-state index contributed by atoms with van der Waals surface area (Å²) in [7, 11) is 2.13. The molecule has 2 aromatic rings. The minimum atomic E-state index is 0.0588. The number of hydrogen-bond acceptors (Lipinski definition) is 4. The highest BCUT2D eigenvalue weighted by molar-refractivity contribution is 5.94. The molecule has 1 aliphatic heterocycles. The third-order valence-corrected chi connectivity index (χ3v) is 5.41. The van der Waals surface area contributed by atoms with Gasteiger partial charge in [0.2, 0.25) is 0 Å². The smallest absolute Gasteiger partial charge is 0.254 e. The Morgan fingerprint density at radius 3 is 2.57 bits per heavy atom. The fourth-order valence-corrected chi connectivity index (χ4v) is 3.65. The van der Waals surface area contributed by atoms with Crippen LogP contribution in [0.15, 0.2) is 47.1 Å². The predicted molar refractivity (Wildman–Crippen MR) is 111 cm³/mol. The first-order chi connectivity index (χ1) is 13.7. The van der Waals surface area contributed by atoms with Crippen molar-refractivity contribution in [3.8, 4) is 5.75 Å². The van der Waals surface area contributed by atoms with E-state index in [0.717, 1.165) is 50.5 Å². The molecule has 5 nitrogen and oxygen atoms in total. The highest BCUT2D eigenvalue weighted by Crippen LogP contribution is 2.22. The lowest BCUT2D eigenvalue weighted by Crippen LogP contribution is -2.46. The van der Waals surface area contributed by atoms with Crippen LogP contribution in [-0.4, -0.2) is 48.5 Å². The van der Waals surface area contributed by atoms with Gasteiger partial charge in [-0.15, -0.1) is 0 Å². The van der Waals surface area contributed by atoms with Gasteiger partial charge >= 0.3 is 0 Å². The number of unbranched alkanes of at least 4 members (excludes halogenated alkanes) is 2. The number of ether oxygens (including phenoxy) is 1. The van der Waals surface area contributed by atoms with E-state index in [1.54, 1.807) is 6.26 Å². The Morgan fingerprint density at radius 2 is 1.93 bits per heavy atom. The first kappa shape index (κ1) is 20.5. The van der Waals surface area contributed by atoms with Gasteiger partial charge in [-0.1, -0.05) is 19.8 Å². The molecule has 3 rings (SSSR count). The van der Waals surface area contributed by atoms with Crippen molar-refractivity contribution >= 4 is 5.91 Å². The van der Waals surface area contributed by atoms with Crippen LogP contribution in [0.2, 0.25) is 0 Å². The van der Waals surface area contributed by atoms with Crippen LogP contribution < -0.4 is 4.74 Å². The Bertz CT molecular complexity index is 704. The molecule has 0 bridgehead atoms. The van der Waals surface area contributed by atoms with Gasteiger partial charge in [0.05, 0.1) is 19.4 Å². The van der Waals surface area contributed by atoms with Gasteiger partial charge in [0.1, 0.15) is 11.5 Å². The SMILES string of the molecule is CCCCCOc1ccc(C(=O)N(Cc2ccco2)C2CCN(C)CC2)cc1. The van der Waals surface area contributed by atoms with E-state index in [9.17, 15) is 4.79 Å². The van der Waals surface area contributed by atoms with E-state index >= 15 is 0 Å². The van der Waals surface area contributed by atoms with E-state index in [2.05, 4.69) is 18.9 Å². The summed E-state index contributed by atoms with van der Waals surface area (Å²) in [6.07, 6.45) is 7.05. The minimum absolute atomic E-state index is 0.0588. The topological polar surface area (TPSA) is 45.9 Å². The van der Waals surface area contributed by atoms with Crippen LogP contribution in [0.3, 0.4) is 0 Å². The number of carbonyl (C=O) groups is 1. The molecule has 1 amide bonds. The summed E-state index contributed by atoms with van der Waals surface area (Å²) >= 11 is 0. The second-order valence-corrected chi connectivity index (χ2v) is 7.63. The predicted octanol–water partition coefficient (Wildman–Crippen LogP) is 4.59. The lowest BCUT2D eigenvalue weighted by atomic mass is 10.0. The standard InChI is InChI=1S/C23H32N2O3/c1-3-4-5-16-27-21-10-8-19(9-11-21)23(26)25(18-22-7-6-17-28-22)20-12-14-24(2)15-13-20/h6-11,17,20H,3-5,12-16,18H2,1-2H3. The van der Waals surface area contributed by atoms with Crippen molar-refractivity contribution in [2.75, 3.05) is 26.7 Å². The fraction of sp³-hybridized carbons (Fsp3) is 0.522. The largest absolute Gasteiger partial charge is 0.494 e. The molecule has 0 atom stereocenters. The van der Waals surface area contributed by atoms with Gasteiger partial charge < -0.3 is 19.0 Å². The van der Waals surface area contributed by atoms with Gasteiger partial charge in [-0.3, -0.25) is 4.79 Å². The van der Waals surface area contributed by atoms with Gasteiger partial charge in [0.25, 0.3) is 5.91 Å². The maximum atomic E-state index is 13.3. The maximum Gasteiger partial charge on any atom is 0.254 e. The van der Waals surface area contributed by atoms with Crippen LogP contribution in [0.25, 0.3) is 0 Å². The minimum Gasteiger partial charge on any atom is -0.494 e. The lowest BCUT2D eigenvalue weighted by molar-refractivity contribution is 0.0550. The van der Waals surface area contributed by atoms with E-state index in [0.29, 0.717) is 12.1 Å². The zero-order chi connectivity index (χ0) is 19.8. The Hall–Kier alpha value is -2.27. The molecular formula is C23H32N2O3. The summed E-state index contributed by atoms with van der Waals surface area (Å²) in [5.74, 6) is 1.70. The molecule has 2 heterocycles. The van der Waals surface area contributed by atoms with Gasteiger partial charge in [-0.2, -0.15) is 0 Å². The summed E-state index contributed by atoms with van der Waals surface area (Å²) in [4.78, 5) is 17.6. The second kappa shape index (κ2) is 10.3. The Balaban J connectivity index is 1.67. The Morgan fingerprint density at radius 1 is 1.18 bits per heavy atom. The number of likely N-dealkylation sites (tertiary alicyclic amines) is 1. The van der Waals surface area contributed by atoms with Gasteiger partial charge in [-0.25, -0.2) is 0 Å². The van der Waals surface area contributed by atoms with Gasteiger partial charge in [0.15, 0.2) is 0 Å². The van der Waals surface area contributed by atoms with E-state index in [4.69, 9.17) is 9.15 Å². The number of carbonyl (C=O) groups excluding carboxylic acids is 1. The van der Waals surface area contributed by atoms with E-state index in [-0.39, 0.29) is 11.9 Å². The molecule has 1 fully saturated rings. The number of amides is 1. The average molecular weight is 385 g/mol. The Labute approximate surface area is 168 Å². The van der Waals surface area contributed by atoms with E-state index in [1.807, 2.05) is 41.3 Å². The fourth-order valence-electron chi connectivity index (χ4n) is 3.65. The second-order valence-electron chi connectivity index (χ2n) is 7.63. The van der Waals surface area contributed by atoms with Crippen molar-refractivity contribution in [2.24, 2.45) is 0 Å². The van der Waals surface area contributed by atoms with Gasteiger partial charge in [-0.05, 0) is 75.8 Å². The van der Waals surface area contributed by atoms with Crippen molar-refractivity contribution in [3.05, 3.63) is 54.0 Å². The van der Waals surface area contributed by atoms with Crippen molar-refractivity contribution < 1.29 is 13.9 Å². The zero-order valence-corrected chi connectivity index (χ0v) is 17.1. The monoisotopic (exact) mass is 384 g/mol. The summed E-state index contributed by atoms with van der Waals surface area (Å²) in [5.41, 5.74) is 0.700. The number of benzene rings is 1. The number of hydrogen-bond donors (Lipinski definition) is 0. The molecule has 1 aromatic heterocycles. The molecule has 1 aliphatic rings. The van der Waals surface area contributed by atoms with Crippen molar-refractivity contribution in [1.82, 2.24) is 9.80 Å². The number of nitrogens with zero attached hydrogens (tertiary/aromatic N) is 2. The number of piperidine rings is 1. The summed E-state index contributed by atoms with van der Waals surface area (Å²) < 4.78 is 11.3. The molecule has 28 heavy (non-hydrogen) atoms. The van der Waals surface area contributed by atoms with E-state index in [1.165, 1.54) is 12.8 Å². The summed E-state index contributed by atoms with van der Waals surface area (Å²) in [5, 5.41) is 0. The van der Waals surface area contributed by atoms with E-state index < -0.39 is 0 Å². The molecule has 0 spiro atoms. The molecule has 5 heteroatoms. The first-order valence-corrected chi connectivity index (χ1v) is 10.4. The lowest BCUT2D eigenvalue weighted by Gasteiger charge is -2.37. The molecule has 0 saturated carbocycles. The highest BCUT2D eigenvalue weighted by atomic mass is 16.5. The van der Waals surface area contributed by atoms with Crippen molar-refractivity contribution in [1.29, 1.82) is 0 Å². The summed E-state index contributed by atoms with van der Waals surface area (Å²) in [6, 6.07) is 11.6. The quantitative estimate of drug-likeness (QED) is 0.594. The zero-order valence-electron chi connectivity index (χ0n) is 17.1. The highest BCUT2D eigenvalue weighted by Gasteiger charge is 2.28. The van der Waals surface area contributed by atoms with Crippen molar-refractivity contribution in [2.45, 2.75) is 51.6 Å². The normalized spacial score (nSPS) is 15.5. The van der Waals surface area contributed by atoms with Crippen LogP contribution in [0.1, 0.15) is 55.1 Å². The van der Waals surface area contributed by atoms with Crippen LogP contribution in [-0.2, 0) is 6.54 Å². The number of furan rings is 1. The molecule has 0 radical (unpaired) electrons. The van der Waals surface area contributed by atoms with Crippen LogP contribution in [0, 0.1) is 0 Å². The van der Waals surface area contributed by atoms with Gasteiger partial charge in [0, 0.05) is 11.6 Å².